The Hall–Kier alpha value is -3.79. The highest BCUT2D eigenvalue weighted by molar-refractivity contribution is 9.10. The molecule has 0 aromatic heterocycles. The standard InChI is InChI=1S/C22H15BrFN3O5/c1-11-7-18-26-21(28)15(20(25)27(18)32-11)8-12-9-16(23)19(17(10-12)30-2)31-22(29)13-3-5-14(24)6-4-13/h3-10,25H,1-2H3/b15-8-,25-20?. The first-order valence-corrected chi connectivity index (χ1v) is 10.0. The van der Waals surface area contributed by atoms with Crippen LogP contribution in [0.15, 0.2) is 63.3 Å². The summed E-state index contributed by atoms with van der Waals surface area (Å²) in [4.78, 5) is 34.2. The summed E-state index contributed by atoms with van der Waals surface area (Å²) in [5.74, 6) is -0.839. The third-order valence-corrected chi connectivity index (χ3v) is 5.11. The Morgan fingerprint density at radius 2 is 2.00 bits per heavy atom. The maximum Gasteiger partial charge on any atom is 0.343 e. The van der Waals surface area contributed by atoms with Crippen molar-refractivity contribution in [2.45, 2.75) is 6.92 Å². The Morgan fingerprint density at radius 1 is 1.28 bits per heavy atom. The number of amides is 1. The number of hydrogen-bond acceptors (Lipinski definition) is 6. The number of hydrogen-bond donors (Lipinski definition) is 1. The largest absolute Gasteiger partial charge is 0.493 e. The average molecular weight is 500 g/mol. The van der Waals surface area contributed by atoms with Crippen molar-refractivity contribution in [2.24, 2.45) is 4.99 Å². The molecule has 0 atom stereocenters. The van der Waals surface area contributed by atoms with Crippen LogP contribution in [-0.4, -0.2) is 35.7 Å². The van der Waals surface area contributed by atoms with E-state index in [-0.39, 0.29) is 34.3 Å². The maximum atomic E-state index is 13.1. The number of carbonyl (C=O) groups is 2. The Balaban J connectivity index is 1.64. The van der Waals surface area contributed by atoms with Crippen LogP contribution in [0.2, 0.25) is 0 Å². The van der Waals surface area contributed by atoms with E-state index in [2.05, 4.69) is 20.9 Å². The Morgan fingerprint density at radius 3 is 2.69 bits per heavy atom. The molecule has 0 radical (unpaired) electrons. The zero-order valence-corrected chi connectivity index (χ0v) is 18.4. The van der Waals surface area contributed by atoms with Gasteiger partial charge in [-0.25, -0.2) is 9.18 Å². The number of nitrogens with one attached hydrogen (secondary N) is 1. The highest BCUT2D eigenvalue weighted by atomic mass is 79.9. The fraction of sp³-hybridized carbons (Fsp3) is 0.0909. The van der Waals surface area contributed by atoms with Gasteiger partial charge in [-0.1, -0.05) is 0 Å². The molecule has 162 valence electrons. The Kier molecular flexibility index (Phi) is 5.62. The van der Waals surface area contributed by atoms with Crippen molar-refractivity contribution in [2.75, 3.05) is 7.11 Å². The third-order valence-electron chi connectivity index (χ3n) is 4.52. The van der Waals surface area contributed by atoms with Crippen LogP contribution in [-0.2, 0) is 9.63 Å². The van der Waals surface area contributed by atoms with Crippen molar-refractivity contribution in [3.8, 4) is 11.5 Å². The number of carbonyl (C=O) groups excluding carboxylic acids is 2. The van der Waals surface area contributed by atoms with E-state index in [1.54, 1.807) is 25.1 Å². The molecule has 4 rings (SSSR count). The second-order valence-electron chi connectivity index (χ2n) is 6.75. The second kappa shape index (κ2) is 8.39. The van der Waals surface area contributed by atoms with Gasteiger partial charge in [-0.05, 0) is 70.9 Å². The minimum Gasteiger partial charge on any atom is -0.493 e. The van der Waals surface area contributed by atoms with E-state index in [1.807, 2.05) is 0 Å². The summed E-state index contributed by atoms with van der Waals surface area (Å²) in [7, 11) is 1.39. The van der Waals surface area contributed by atoms with Crippen LogP contribution in [0.3, 0.4) is 0 Å². The fourth-order valence-corrected chi connectivity index (χ4v) is 3.57. The predicted octanol–water partition coefficient (Wildman–Crippen LogP) is 4.27. The smallest absolute Gasteiger partial charge is 0.343 e. The van der Waals surface area contributed by atoms with Crippen molar-refractivity contribution >= 4 is 45.6 Å². The number of hydroxylamine groups is 2. The Bertz CT molecular complexity index is 1250. The predicted molar refractivity (Wildman–Crippen MR) is 117 cm³/mol. The maximum absolute atomic E-state index is 13.1. The van der Waals surface area contributed by atoms with Gasteiger partial charge in [0.1, 0.15) is 11.6 Å². The van der Waals surface area contributed by atoms with E-state index in [1.165, 1.54) is 25.3 Å². The molecule has 0 spiro atoms. The average Bonchev–Trinajstić information content (AvgIpc) is 3.13. The quantitative estimate of drug-likeness (QED) is 0.383. The zero-order valence-electron chi connectivity index (χ0n) is 16.8. The van der Waals surface area contributed by atoms with Gasteiger partial charge in [0.05, 0.1) is 22.7 Å². The first-order chi connectivity index (χ1) is 15.3. The van der Waals surface area contributed by atoms with Crippen molar-refractivity contribution in [3.05, 3.63) is 75.2 Å². The lowest BCUT2D eigenvalue weighted by Crippen LogP contribution is -2.38. The van der Waals surface area contributed by atoms with Crippen molar-refractivity contribution in [1.29, 1.82) is 5.41 Å². The minimum atomic E-state index is -0.699. The van der Waals surface area contributed by atoms with Crippen LogP contribution < -0.4 is 9.47 Å². The van der Waals surface area contributed by atoms with E-state index in [0.717, 1.165) is 17.2 Å². The Labute approximate surface area is 190 Å². The van der Waals surface area contributed by atoms with Gasteiger partial charge in [0, 0.05) is 6.08 Å². The number of ether oxygens (including phenoxy) is 2. The van der Waals surface area contributed by atoms with E-state index in [9.17, 15) is 14.0 Å². The minimum absolute atomic E-state index is 0.0156. The van der Waals surface area contributed by atoms with Gasteiger partial charge in [-0.3, -0.25) is 10.2 Å². The highest BCUT2D eigenvalue weighted by Crippen LogP contribution is 2.38. The van der Waals surface area contributed by atoms with Crippen molar-refractivity contribution in [3.63, 3.8) is 0 Å². The molecule has 10 heteroatoms. The lowest BCUT2D eigenvalue weighted by atomic mass is 10.1. The number of rotatable bonds is 4. The van der Waals surface area contributed by atoms with Crippen LogP contribution in [0.25, 0.3) is 6.08 Å². The molecule has 8 nitrogen and oxygen atoms in total. The van der Waals surface area contributed by atoms with Crippen LogP contribution >= 0.6 is 15.9 Å². The second-order valence-corrected chi connectivity index (χ2v) is 7.61. The van der Waals surface area contributed by atoms with Crippen LogP contribution in [0, 0.1) is 11.2 Å². The monoisotopic (exact) mass is 499 g/mol. The molecule has 0 unspecified atom stereocenters. The fourth-order valence-electron chi connectivity index (χ4n) is 3.03. The number of halogens is 2. The summed E-state index contributed by atoms with van der Waals surface area (Å²) < 4.78 is 24.2. The van der Waals surface area contributed by atoms with E-state index in [0.29, 0.717) is 15.8 Å². The van der Waals surface area contributed by atoms with E-state index in [4.69, 9.17) is 19.7 Å². The number of fused-ring (bicyclic) bond motifs is 1. The molecule has 0 aliphatic carbocycles. The molecular weight excluding hydrogens is 485 g/mol. The van der Waals surface area contributed by atoms with Crippen molar-refractivity contribution in [1.82, 2.24) is 5.06 Å². The number of methoxy groups -OCH3 is 1. The van der Waals surface area contributed by atoms with Gasteiger partial charge in [-0.2, -0.15) is 4.99 Å². The van der Waals surface area contributed by atoms with Gasteiger partial charge >= 0.3 is 5.97 Å². The zero-order chi connectivity index (χ0) is 23.0. The summed E-state index contributed by atoms with van der Waals surface area (Å²) in [6, 6.07) is 8.06. The van der Waals surface area contributed by atoms with Crippen LogP contribution in [0.4, 0.5) is 4.39 Å². The van der Waals surface area contributed by atoms with E-state index >= 15 is 0 Å². The van der Waals surface area contributed by atoms with Gasteiger partial charge in [0.25, 0.3) is 5.91 Å². The molecule has 0 saturated heterocycles. The summed E-state index contributed by atoms with van der Waals surface area (Å²) in [6.45, 7) is 1.69. The van der Waals surface area contributed by atoms with E-state index < -0.39 is 17.7 Å². The number of benzene rings is 2. The lowest BCUT2D eigenvalue weighted by molar-refractivity contribution is -0.114. The van der Waals surface area contributed by atoms with Gasteiger partial charge in [0.15, 0.2) is 23.2 Å². The molecule has 32 heavy (non-hydrogen) atoms. The first kappa shape index (κ1) is 21.4. The van der Waals surface area contributed by atoms with Crippen LogP contribution in [0.1, 0.15) is 22.8 Å². The summed E-state index contributed by atoms with van der Waals surface area (Å²) in [5.41, 5.74) is 0.670. The number of allylic oxidation sites excluding steroid dienone is 1. The summed E-state index contributed by atoms with van der Waals surface area (Å²) in [5, 5.41) is 9.46. The van der Waals surface area contributed by atoms with Gasteiger partial charge in [-0.15, -0.1) is 5.06 Å². The molecule has 1 N–H and O–H groups in total. The first-order valence-electron chi connectivity index (χ1n) is 9.22. The third kappa shape index (κ3) is 4.04. The summed E-state index contributed by atoms with van der Waals surface area (Å²) in [6.07, 6.45) is 3.02. The molecule has 2 aliphatic rings. The molecule has 0 bridgehead atoms. The number of nitrogens with zero attached hydrogens (tertiary/aromatic N) is 2. The number of amidine groups is 2. The van der Waals surface area contributed by atoms with Crippen molar-refractivity contribution < 1.29 is 28.3 Å². The number of esters is 1. The highest BCUT2D eigenvalue weighted by Gasteiger charge is 2.34. The summed E-state index contributed by atoms with van der Waals surface area (Å²) >= 11 is 3.34. The van der Waals surface area contributed by atoms with Gasteiger partial charge in [0.2, 0.25) is 0 Å². The lowest BCUT2D eigenvalue weighted by Gasteiger charge is -2.23. The molecule has 2 heterocycles. The van der Waals surface area contributed by atoms with Gasteiger partial charge < -0.3 is 14.3 Å². The molecule has 0 saturated carbocycles. The molecule has 1 amide bonds. The normalized spacial score (nSPS) is 16.4. The topological polar surface area (TPSA) is 101 Å². The SMILES string of the molecule is COc1cc(/C=C2/C(=N)N3OC(C)=CC3=NC2=O)cc(Br)c1OC(=O)c1ccc(F)cc1. The van der Waals surface area contributed by atoms with Crippen LogP contribution in [0.5, 0.6) is 11.5 Å². The molecular formula is C22H15BrFN3O5. The molecule has 2 aromatic carbocycles. The molecule has 2 aromatic rings. The number of aliphatic imine (C=N–C) groups is 1. The molecule has 2 aliphatic heterocycles. The molecule has 0 fully saturated rings.